The summed E-state index contributed by atoms with van der Waals surface area (Å²) in [7, 11) is 2.23. The van der Waals surface area contributed by atoms with Crippen molar-refractivity contribution in [1.29, 1.82) is 0 Å². The maximum absolute atomic E-state index is 5.74. The molecule has 0 saturated carbocycles. The van der Waals surface area contributed by atoms with E-state index in [-0.39, 0.29) is 0 Å². The van der Waals surface area contributed by atoms with Crippen LogP contribution in [-0.4, -0.2) is 49.8 Å². The summed E-state index contributed by atoms with van der Waals surface area (Å²) in [5.74, 6) is 0.745. The summed E-state index contributed by atoms with van der Waals surface area (Å²) in [4.78, 5) is 2.46. The minimum atomic E-state index is 0.506. The van der Waals surface area contributed by atoms with Crippen LogP contribution in [0.4, 0.5) is 0 Å². The molecule has 17 heavy (non-hydrogen) atoms. The van der Waals surface area contributed by atoms with E-state index in [4.69, 9.17) is 4.74 Å². The second-order valence-electron chi connectivity index (χ2n) is 5.83. The Kier molecular flexibility index (Phi) is 4.83. The molecule has 0 bridgehead atoms. The van der Waals surface area contributed by atoms with Gasteiger partial charge in [-0.05, 0) is 52.1 Å². The number of nitrogens with one attached hydrogen (secondary N) is 1. The van der Waals surface area contributed by atoms with E-state index in [9.17, 15) is 0 Å². The number of piperidine rings is 1. The summed E-state index contributed by atoms with van der Waals surface area (Å²) in [6.45, 7) is 7.92. The topological polar surface area (TPSA) is 24.5 Å². The van der Waals surface area contributed by atoms with Crippen molar-refractivity contribution in [2.45, 2.75) is 57.7 Å². The largest absolute Gasteiger partial charge is 0.378 e. The Labute approximate surface area is 106 Å². The predicted molar refractivity (Wildman–Crippen MR) is 71.3 cm³/mol. The first kappa shape index (κ1) is 13.3. The number of ether oxygens (including phenoxy) is 1. The Morgan fingerprint density at radius 2 is 2.18 bits per heavy atom. The van der Waals surface area contributed by atoms with Gasteiger partial charge in [-0.25, -0.2) is 0 Å². The number of nitrogens with zero attached hydrogens (tertiary/aromatic N) is 1. The van der Waals surface area contributed by atoms with Crippen LogP contribution in [0.3, 0.4) is 0 Å². The molecular weight excluding hydrogens is 212 g/mol. The highest BCUT2D eigenvalue weighted by molar-refractivity contribution is 4.84. The first-order chi connectivity index (χ1) is 8.20. The highest BCUT2D eigenvalue weighted by Crippen LogP contribution is 2.23. The zero-order chi connectivity index (χ0) is 12.3. The number of hydrogen-bond acceptors (Lipinski definition) is 3. The first-order valence-corrected chi connectivity index (χ1v) is 7.26. The summed E-state index contributed by atoms with van der Waals surface area (Å²) in [6.07, 6.45) is 5.50. The van der Waals surface area contributed by atoms with Crippen molar-refractivity contribution in [3.63, 3.8) is 0 Å². The molecule has 1 N–H and O–H groups in total. The van der Waals surface area contributed by atoms with Gasteiger partial charge in [0.2, 0.25) is 0 Å². The third-order valence-corrected chi connectivity index (χ3v) is 4.63. The van der Waals surface area contributed by atoms with Gasteiger partial charge in [-0.2, -0.15) is 0 Å². The van der Waals surface area contributed by atoms with Gasteiger partial charge in [-0.15, -0.1) is 0 Å². The number of hydrogen-bond donors (Lipinski definition) is 1. The van der Waals surface area contributed by atoms with Gasteiger partial charge in [-0.1, -0.05) is 6.92 Å². The Morgan fingerprint density at radius 1 is 1.35 bits per heavy atom. The lowest BCUT2D eigenvalue weighted by Crippen LogP contribution is -2.47. The van der Waals surface area contributed by atoms with Gasteiger partial charge in [0.15, 0.2) is 0 Å². The van der Waals surface area contributed by atoms with Gasteiger partial charge < -0.3 is 15.0 Å². The SMILES string of the molecule is CCC1OCCC1CNC1CCN(C)C(C)C1. The summed E-state index contributed by atoms with van der Waals surface area (Å²) in [5, 5.41) is 3.77. The van der Waals surface area contributed by atoms with E-state index in [2.05, 4.69) is 31.1 Å². The Morgan fingerprint density at radius 3 is 2.88 bits per heavy atom. The molecule has 2 fully saturated rings. The molecule has 0 aromatic heterocycles. The second kappa shape index (κ2) is 6.17. The molecule has 0 aromatic rings. The van der Waals surface area contributed by atoms with Crippen LogP contribution < -0.4 is 5.32 Å². The van der Waals surface area contributed by atoms with Crippen molar-refractivity contribution in [2.24, 2.45) is 5.92 Å². The molecule has 0 amide bonds. The minimum Gasteiger partial charge on any atom is -0.378 e. The minimum absolute atomic E-state index is 0.506. The van der Waals surface area contributed by atoms with Crippen molar-refractivity contribution in [3.05, 3.63) is 0 Å². The van der Waals surface area contributed by atoms with E-state index in [1.54, 1.807) is 0 Å². The summed E-state index contributed by atoms with van der Waals surface area (Å²) in [6, 6.07) is 1.45. The van der Waals surface area contributed by atoms with Crippen molar-refractivity contribution in [2.75, 3.05) is 26.7 Å². The van der Waals surface area contributed by atoms with Gasteiger partial charge in [0.25, 0.3) is 0 Å². The van der Waals surface area contributed by atoms with Gasteiger partial charge in [0.05, 0.1) is 6.10 Å². The Hall–Kier alpha value is -0.120. The molecule has 100 valence electrons. The fraction of sp³-hybridized carbons (Fsp3) is 1.00. The van der Waals surface area contributed by atoms with Gasteiger partial charge in [0.1, 0.15) is 0 Å². The van der Waals surface area contributed by atoms with Crippen molar-refractivity contribution >= 4 is 0 Å². The lowest BCUT2D eigenvalue weighted by atomic mass is 9.96. The molecule has 0 aromatic carbocycles. The van der Waals surface area contributed by atoms with Crippen molar-refractivity contribution in [1.82, 2.24) is 10.2 Å². The van der Waals surface area contributed by atoms with Crippen molar-refractivity contribution in [3.8, 4) is 0 Å². The highest BCUT2D eigenvalue weighted by atomic mass is 16.5. The van der Waals surface area contributed by atoms with Gasteiger partial charge in [-0.3, -0.25) is 0 Å². The standard InChI is InChI=1S/C14H28N2O/c1-4-14-12(6-8-17-14)10-15-13-5-7-16(3)11(2)9-13/h11-15H,4-10H2,1-3H3. The van der Waals surface area contributed by atoms with E-state index in [1.165, 1.54) is 25.8 Å². The van der Waals surface area contributed by atoms with Crippen LogP contribution in [0.5, 0.6) is 0 Å². The molecule has 4 atom stereocenters. The van der Waals surface area contributed by atoms with E-state index >= 15 is 0 Å². The molecule has 3 heteroatoms. The van der Waals surface area contributed by atoms with E-state index < -0.39 is 0 Å². The van der Waals surface area contributed by atoms with Crippen LogP contribution in [-0.2, 0) is 4.74 Å². The zero-order valence-electron chi connectivity index (χ0n) is 11.6. The van der Waals surface area contributed by atoms with Crippen LogP contribution in [0.1, 0.15) is 39.5 Å². The highest BCUT2D eigenvalue weighted by Gasteiger charge is 2.28. The lowest BCUT2D eigenvalue weighted by molar-refractivity contribution is 0.0848. The van der Waals surface area contributed by atoms with E-state index in [0.717, 1.165) is 37.6 Å². The quantitative estimate of drug-likeness (QED) is 0.812. The van der Waals surface area contributed by atoms with Crippen LogP contribution >= 0.6 is 0 Å². The van der Waals surface area contributed by atoms with E-state index in [0.29, 0.717) is 6.10 Å². The predicted octanol–water partition coefficient (Wildman–Crippen LogP) is 1.87. The third kappa shape index (κ3) is 3.43. The monoisotopic (exact) mass is 240 g/mol. The first-order valence-electron chi connectivity index (χ1n) is 7.26. The van der Waals surface area contributed by atoms with Gasteiger partial charge >= 0.3 is 0 Å². The Balaban J connectivity index is 1.71. The maximum Gasteiger partial charge on any atom is 0.0613 e. The third-order valence-electron chi connectivity index (χ3n) is 4.63. The zero-order valence-corrected chi connectivity index (χ0v) is 11.6. The molecule has 3 nitrogen and oxygen atoms in total. The fourth-order valence-corrected chi connectivity index (χ4v) is 3.17. The molecule has 2 aliphatic rings. The maximum atomic E-state index is 5.74. The number of rotatable bonds is 4. The summed E-state index contributed by atoms with van der Waals surface area (Å²) < 4.78 is 5.74. The summed E-state index contributed by atoms with van der Waals surface area (Å²) in [5.41, 5.74) is 0. The average molecular weight is 240 g/mol. The summed E-state index contributed by atoms with van der Waals surface area (Å²) >= 11 is 0. The number of likely N-dealkylation sites (tertiary alicyclic amines) is 1. The van der Waals surface area contributed by atoms with Crippen molar-refractivity contribution < 1.29 is 4.74 Å². The molecular formula is C14H28N2O. The molecule has 0 spiro atoms. The molecule has 2 rings (SSSR count). The molecule has 2 saturated heterocycles. The molecule has 4 unspecified atom stereocenters. The van der Waals surface area contributed by atoms with Crippen LogP contribution in [0.2, 0.25) is 0 Å². The van der Waals surface area contributed by atoms with E-state index in [1.807, 2.05) is 0 Å². The fourth-order valence-electron chi connectivity index (χ4n) is 3.17. The van der Waals surface area contributed by atoms with Crippen LogP contribution in [0.15, 0.2) is 0 Å². The lowest BCUT2D eigenvalue weighted by Gasteiger charge is -2.36. The smallest absolute Gasteiger partial charge is 0.0613 e. The molecule has 0 aliphatic carbocycles. The average Bonchev–Trinajstić information content (AvgIpc) is 2.78. The van der Waals surface area contributed by atoms with Crippen LogP contribution in [0.25, 0.3) is 0 Å². The van der Waals surface area contributed by atoms with Gasteiger partial charge in [0, 0.05) is 25.2 Å². The molecule has 2 heterocycles. The molecule has 2 aliphatic heterocycles. The normalized spacial score (nSPS) is 39.7. The Bertz CT molecular complexity index is 234. The molecule has 0 radical (unpaired) electrons. The second-order valence-corrected chi connectivity index (χ2v) is 5.83. The van der Waals surface area contributed by atoms with Crippen LogP contribution in [0, 0.1) is 5.92 Å².